The summed E-state index contributed by atoms with van der Waals surface area (Å²) in [6.07, 6.45) is 8.80. The molecule has 3 N–H and O–H groups in total. The number of aliphatic carboxylic acids is 1. The maximum Gasteiger partial charge on any atom is 0.326 e. The Bertz CT molecular complexity index is 1040. The number of rotatable bonds is 13. The van der Waals surface area contributed by atoms with Gasteiger partial charge >= 0.3 is 5.97 Å². The van der Waals surface area contributed by atoms with Crippen LogP contribution in [0.3, 0.4) is 0 Å². The second kappa shape index (κ2) is 14.6. The number of methoxy groups -OCH3 is 1. The molecule has 2 aromatic carbocycles. The number of ether oxygens (including phenoxy) is 1. The summed E-state index contributed by atoms with van der Waals surface area (Å²) in [7, 11) is 1.81. The molecule has 37 heavy (non-hydrogen) atoms. The molecule has 1 aliphatic carbocycles. The van der Waals surface area contributed by atoms with E-state index < -0.39 is 12.0 Å². The molecule has 1 amide bonds. The van der Waals surface area contributed by atoms with Gasteiger partial charge in [-0.15, -0.1) is 0 Å². The number of hydrogen-bond donors (Lipinski definition) is 3. The van der Waals surface area contributed by atoms with Crippen LogP contribution in [0.4, 0.5) is 0 Å². The Morgan fingerprint density at radius 1 is 1.11 bits per heavy atom. The van der Waals surface area contributed by atoms with Crippen LogP contribution in [0.25, 0.3) is 11.1 Å². The van der Waals surface area contributed by atoms with Gasteiger partial charge in [-0.2, -0.15) is 11.8 Å². The zero-order valence-electron chi connectivity index (χ0n) is 22.6. The van der Waals surface area contributed by atoms with Gasteiger partial charge in [0.2, 0.25) is 0 Å². The predicted octanol–water partition coefficient (Wildman–Crippen LogP) is 5.67. The van der Waals surface area contributed by atoms with Crippen molar-refractivity contribution in [2.24, 2.45) is 5.92 Å². The first-order valence-electron chi connectivity index (χ1n) is 13.3. The van der Waals surface area contributed by atoms with Crippen LogP contribution in [0.2, 0.25) is 0 Å². The van der Waals surface area contributed by atoms with Gasteiger partial charge in [-0.3, -0.25) is 4.79 Å². The van der Waals surface area contributed by atoms with Gasteiger partial charge in [0.05, 0.1) is 6.10 Å². The number of nitrogens with one attached hydrogen (secondary N) is 2. The Hall–Kier alpha value is -2.35. The van der Waals surface area contributed by atoms with Crippen LogP contribution in [0, 0.1) is 12.8 Å². The van der Waals surface area contributed by atoms with Gasteiger partial charge in [0.25, 0.3) is 5.91 Å². The molecule has 2 aromatic rings. The normalized spacial score (nSPS) is 16.6. The molecule has 1 aliphatic rings. The summed E-state index contributed by atoms with van der Waals surface area (Å²) in [6.45, 7) is 4.86. The molecule has 0 saturated heterocycles. The minimum atomic E-state index is -1.01. The summed E-state index contributed by atoms with van der Waals surface area (Å²) in [5.41, 5.74) is 4.39. The highest BCUT2D eigenvalue weighted by atomic mass is 32.2. The number of carbonyl (C=O) groups excluding carboxylic acids is 1. The van der Waals surface area contributed by atoms with E-state index in [0.29, 0.717) is 30.2 Å². The number of amides is 1. The van der Waals surface area contributed by atoms with E-state index in [1.807, 2.05) is 56.7 Å². The van der Waals surface area contributed by atoms with Crippen molar-refractivity contribution in [3.8, 4) is 11.1 Å². The third-order valence-corrected chi connectivity index (χ3v) is 8.13. The molecule has 1 saturated carbocycles. The quantitative estimate of drug-likeness (QED) is 0.312. The first-order chi connectivity index (χ1) is 17.8. The molecule has 0 bridgehead atoms. The van der Waals surface area contributed by atoms with Gasteiger partial charge in [0, 0.05) is 25.3 Å². The molecule has 0 aromatic heterocycles. The summed E-state index contributed by atoms with van der Waals surface area (Å²) in [5.74, 6) is -0.131. The van der Waals surface area contributed by atoms with Gasteiger partial charge in [-0.05, 0) is 85.4 Å². The number of hydrogen-bond acceptors (Lipinski definition) is 5. The summed E-state index contributed by atoms with van der Waals surface area (Å²) in [6, 6.07) is 13.1. The zero-order valence-corrected chi connectivity index (χ0v) is 23.4. The Morgan fingerprint density at radius 2 is 1.84 bits per heavy atom. The first-order valence-corrected chi connectivity index (χ1v) is 14.7. The Labute approximate surface area is 226 Å². The molecule has 202 valence electrons. The predicted molar refractivity (Wildman–Crippen MR) is 152 cm³/mol. The highest BCUT2D eigenvalue weighted by Gasteiger charge is 2.28. The van der Waals surface area contributed by atoms with Crippen LogP contribution in [-0.4, -0.2) is 54.3 Å². The molecular weight excluding hydrogens is 484 g/mol. The molecule has 2 unspecified atom stereocenters. The van der Waals surface area contributed by atoms with Crippen molar-refractivity contribution in [3.05, 3.63) is 59.2 Å². The lowest BCUT2D eigenvalue weighted by atomic mass is 9.83. The van der Waals surface area contributed by atoms with E-state index in [1.54, 1.807) is 11.8 Å². The van der Waals surface area contributed by atoms with Crippen LogP contribution in [0.15, 0.2) is 42.5 Å². The summed E-state index contributed by atoms with van der Waals surface area (Å²) in [5, 5.41) is 16.0. The molecule has 1 fully saturated rings. The van der Waals surface area contributed by atoms with Gasteiger partial charge < -0.3 is 20.5 Å². The van der Waals surface area contributed by atoms with Crippen LogP contribution in [-0.2, 0) is 16.1 Å². The van der Waals surface area contributed by atoms with Crippen LogP contribution in [0.5, 0.6) is 0 Å². The fourth-order valence-electron chi connectivity index (χ4n) is 5.39. The smallest absolute Gasteiger partial charge is 0.326 e. The fourth-order valence-corrected chi connectivity index (χ4v) is 5.86. The summed E-state index contributed by atoms with van der Waals surface area (Å²) in [4.78, 5) is 25.0. The van der Waals surface area contributed by atoms with Crippen molar-refractivity contribution >= 4 is 23.6 Å². The number of benzene rings is 2. The molecule has 6 nitrogen and oxygen atoms in total. The Kier molecular flexibility index (Phi) is 11.5. The third-order valence-electron chi connectivity index (χ3n) is 7.49. The Balaban J connectivity index is 1.82. The average molecular weight is 527 g/mol. The molecule has 0 aliphatic heterocycles. The maximum absolute atomic E-state index is 13.3. The van der Waals surface area contributed by atoms with Crippen molar-refractivity contribution in [1.29, 1.82) is 0 Å². The molecule has 3 atom stereocenters. The summed E-state index contributed by atoms with van der Waals surface area (Å²) >= 11 is 1.56. The lowest BCUT2D eigenvalue weighted by Crippen LogP contribution is -2.43. The monoisotopic (exact) mass is 526 g/mol. The zero-order chi connectivity index (χ0) is 26.8. The van der Waals surface area contributed by atoms with Gasteiger partial charge in [-0.25, -0.2) is 4.79 Å². The Morgan fingerprint density at radius 3 is 2.49 bits per heavy atom. The van der Waals surface area contributed by atoms with Gasteiger partial charge in [-0.1, -0.05) is 49.6 Å². The molecular formula is C30H42N2O4S. The third kappa shape index (κ3) is 8.06. The van der Waals surface area contributed by atoms with Gasteiger partial charge in [0.15, 0.2) is 0 Å². The van der Waals surface area contributed by atoms with Crippen molar-refractivity contribution in [2.75, 3.05) is 19.1 Å². The number of carboxylic acid groups (broad SMARTS) is 1. The lowest BCUT2D eigenvalue weighted by molar-refractivity contribution is -0.139. The van der Waals surface area contributed by atoms with E-state index in [-0.39, 0.29) is 18.1 Å². The first kappa shape index (κ1) is 29.2. The SMILES string of the molecule is COC(C1CCCCC1)C(C)NCc1ccc(C(=O)N[C@@H](CCSC)C(=O)O)c(-c2ccccc2C)c1. The minimum Gasteiger partial charge on any atom is -0.480 e. The highest BCUT2D eigenvalue weighted by Crippen LogP contribution is 2.30. The highest BCUT2D eigenvalue weighted by molar-refractivity contribution is 7.98. The number of aryl methyl sites for hydroxylation is 1. The lowest BCUT2D eigenvalue weighted by Gasteiger charge is -2.33. The van der Waals surface area contributed by atoms with Crippen molar-refractivity contribution < 1.29 is 19.4 Å². The van der Waals surface area contributed by atoms with Crippen LogP contribution >= 0.6 is 11.8 Å². The van der Waals surface area contributed by atoms with E-state index in [1.165, 1.54) is 32.1 Å². The van der Waals surface area contributed by atoms with E-state index in [9.17, 15) is 14.7 Å². The largest absolute Gasteiger partial charge is 0.480 e. The number of carbonyl (C=O) groups is 2. The molecule has 3 rings (SSSR count). The van der Waals surface area contributed by atoms with Crippen LogP contribution in [0.1, 0.15) is 66.9 Å². The second-order valence-electron chi connectivity index (χ2n) is 10.1. The van der Waals surface area contributed by atoms with E-state index in [0.717, 1.165) is 22.3 Å². The van der Waals surface area contributed by atoms with Crippen molar-refractivity contribution in [1.82, 2.24) is 10.6 Å². The summed E-state index contributed by atoms with van der Waals surface area (Å²) < 4.78 is 5.92. The maximum atomic E-state index is 13.3. The van der Waals surface area contributed by atoms with E-state index in [4.69, 9.17) is 4.74 Å². The topological polar surface area (TPSA) is 87.7 Å². The standard InChI is InChI=1S/C30H42N2O4S/c1-20-10-8-9-13-24(20)26-18-22(19-31-21(2)28(36-3)23-11-6-5-7-12-23)14-15-25(26)29(33)32-27(30(34)35)16-17-37-4/h8-10,13-15,18,21,23,27-28,31H,5-7,11-12,16-17,19H2,1-4H3,(H,32,33)(H,34,35)/t21?,27-,28?/m0/s1. The van der Waals surface area contributed by atoms with Crippen molar-refractivity contribution in [3.63, 3.8) is 0 Å². The second-order valence-corrected chi connectivity index (χ2v) is 11.1. The molecule has 0 radical (unpaired) electrons. The van der Waals surface area contributed by atoms with Crippen molar-refractivity contribution in [2.45, 2.75) is 77.1 Å². The van der Waals surface area contributed by atoms with Gasteiger partial charge in [0.1, 0.15) is 6.04 Å². The van der Waals surface area contributed by atoms with E-state index in [2.05, 4.69) is 23.6 Å². The number of carboxylic acids is 1. The molecule has 0 heterocycles. The average Bonchev–Trinajstić information content (AvgIpc) is 2.90. The molecule has 7 heteroatoms. The number of thioether (sulfide) groups is 1. The fraction of sp³-hybridized carbons (Fsp3) is 0.533. The molecule has 0 spiro atoms. The van der Waals surface area contributed by atoms with Crippen LogP contribution < -0.4 is 10.6 Å². The van der Waals surface area contributed by atoms with E-state index >= 15 is 0 Å². The minimum absolute atomic E-state index is 0.176.